The summed E-state index contributed by atoms with van der Waals surface area (Å²) in [5, 5.41) is 9.20. The fourth-order valence-corrected chi connectivity index (χ4v) is 9.13. The molecule has 6 rings (SSSR count). The fourth-order valence-electron chi connectivity index (χ4n) is 6.06. The van der Waals surface area contributed by atoms with Gasteiger partial charge in [-0.1, -0.05) is 106 Å². The van der Waals surface area contributed by atoms with E-state index >= 15 is 0 Å². The van der Waals surface area contributed by atoms with Gasteiger partial charge in [-0.25, -0.2) is 4.39 Å². The number of carbonyl (C=O) groups is 1. The number of nitrogens with zero attached hydrogens (tertiary/aromatic N) is 1. The lowest BCUT2D eigenvalue weighted by molar-refractivity contribution is -0.123. The quantitative estimate of drug-likeness (QED) is 0.103. The largest absolute Gasteiger partial charge is 0.508 e. The van der Waals surface area contributed by atoms with Crippen LogP contribution < -0.4 is 9.64 Å². The van der Waals surface area contributed by atoms with Crippen molar-refractivity contribution in [1.29, 1.82) is 0 Å². The molecule has 0 radical (unpaired) electrons. The molecule has 1 heterocycles. The van der Waals surface area contributed by atoms with E-state index in [9.17, 15) is 18.5 Å². The van der Waals surface area contributed by atoms with Gasteiger partial charge in [0.25, 0.3) is 0 Å². The van der Waals surface area contributed by atoms with Gasteiger partial charge in [-0.05, 0) is 82.9 Å². The average Bonchev–Trinajstić information content (AvgIpc) is 3.10. The molecule has 1 saturated heterocycles. The van der Waals surface area contributed by atoms with Crippen molar-refractivity contribution in [3.8, 4) is 22.6 Å². The van der Waals surface area contributed by atoms with Crippen LogP contribution in [0.4, 0.5) is 10.1 Å². The van der Waals surface area contributed by atoms with Crippen LogP contribution in [-0.2, 0) is 26.6 Å². The molecular weight excluding hydrogens is 678 g/mol. The Bertz CT molecular complexity index is 2000. The van der Waals surface area contributed by atoms with E-state index in [2.05, 4.69) is 33.9 Å². The summed E-state index contributed by atoms with van der Waals surface area (Å²) in [6.45, 7) is 11.0. The highest BCUT2D eigenvalue weighted by Gasteiger charge is 2.54. The number of β-lactam (4-membered cyclic amide) rings is 1. The lowest BCUT2D eigenvalue weighted by Crippen LogP contribution is -2.61. The first kappa shape index (κ1) is 36.2. The summed E-state index contributed by atoms with van der Waals surface area (Å²) >= 11 is 0. The van der Waals surface area contributed by atoms with E-state index < -0.39 is 36.5 Å². The lowest BCUT2D eigenvalue weighted by atomic mass is 9.90. The molecule has 1 aliphatic heterocycles. The number of hydrogen-bond donors (Lipinski definition) is 1. The maximum Gasteiger partial charge on any atom is 0.245 e. The number of carbonyl (C=O) groups excluding carboxylic acids is 1. The Kier molecular flexibility index (Phi) is 10.6. The molecule has 0 aromatic heterocycles. The lowest BCUT2D eigenvalue weighted by Gasteiger charge is -2.47. The Morgan fingerprint density at radius 1 is 0.843 bits per heavy atom. The second kappa shape index (κ2) is 15.0. The third-order valence-electron chi connectivity index (χ3n) is 9.91. The first-order chi connectivity index (χ1) is 24.3. The Morgan fingerprint density at radius 2 is 1.49 bits per heavy atom. The molecule has 1 amide bonds. The minimum atomic E-state index is -2.38. The van der Waals surface area contributed by atoms with E-state index in [-0.39, 0.29) is 34.9 Å². The third kappa shape index (κ3) is 8.01. The Balaban J connectivity index is 1.41. The summed E-state index contributed by atoms with van der Waals surface area (Å²) < 4.78 is 42.1. The van der Waals surface area contributed by atoms with E-state index in [4.69, 9.17) is 9.16 Å². The Labute approximate surface area is 303 Å². The summed E-state index contributed by atoms with van der Waals surface area (Å²) in [6, 6.07) is 37.5. The average molecular weight is 722 g/mol. The summed E-state index contributed by atoms with van der Waals surface area (Å²) in [5.74, 6) is 0.147. The highest BCUT2D eigenvalue weighted by Crippen LogP contribution is 2.47. The number of phenols is 1. The molecule has 5 aromatic rings. The van der Waals surface area contributed by atoms with Crippen LogP contribution in [0.15, 0.2) is 127 Å². The molecule has 264 valence electrons. The van der Waals surface area contributed by atoms with Crippen LogP contribution >= 0.6 is 0 Å². The van der Waals surface area contributed by atoms with Crippen LogP contribution in [0, 0.1) is 5.82 Å². The molecule has 1 unspecified atom stereocenters. The predicted molar refractivity (Wildman–Crippen MR) is 205 cm³/mol. The van der Waals surface area contributed by atoms with Gasteiger partial charge in [-0.2, -0.15) is 0 Å². The van der Waals surface area contributed by atoms with Crippen LogP contribution in [0.1, 0.15) is 49.6 Å². The zero-order chi connectivity index (χ0) is 36.3. The minimum absolute atomic E-state index is 0.0647. The van der Waals surface area contributed by atoms with Crippen molar-refractivity contribution in [3.05, 3.63) is 150 Å². The first-order valence-corrected chi connectivity index (χ1v) is 21.4. The van der Waals surface area contributed by atoms with E-state index in [0.717, 1.165) is 27.8 Å². The van der Waals surface area contributed by atoms with Crippen molar-refractivity contribution in [2.75, 3.05) is 10.7 Å². The summed E-state index contributed by atoms with van der Waals surface area (Å²) in [4.78, 5) is 15.9. The van der Waals surface area contributed by atoms with Crippen molar-refractivity contribution in [3.63, 3.8) is 0 Å². The molecule has 0 spiro atoms. The molecule has 5 aromatic carbocycles. The fraction of sp³-hybridized carbons (Fsp3) is 0.262. The molecule has 0 saturated carbocycles. The molecule has 1 fully saturated rings. The van der Waals surface area contributed by atoms with Crippen LogP contribution in [0.3, 0.4) is 0 Å². The van der Waals surface area contributed by atoms with Gasteiger partial charge in [0.2, 0.25) is 5.91 Å². The maximum atomic E-state index is 14.7. The highest BCUT2D eigenvalue weighted by molar-refractivity contribution is 7.86. The normalized spacial score (nSPS) is 17.5. The first-order valence-electron chi connectivity index (χ1n) is 17.1. The van der Waals surface area contributed by atoms with Gasteiger partial charge >= 0.3 is 0 Å². The second-order valence-electron chi connectivity index (χ2n) is 14.5. The predicted octanol–water partition coefficient (Wildman–Crippen LogP) is 9.75. The number of amides is 1. The van der Waals surface area contributed by atoms with Crippen LogP contribution in [0.2, 0.25) is 18.1 Å². The van der Waals surface area contributed by atoms with Gasteiger partial charge in [0.1, 0.15) is 29.2 Å². The topological polar surface area (TPSA) is 76.1 Å². The van der Waals surface area contributed by atoms with Crippen molar-refractivity contribution in [1.82, 2.24) is 0 Å². The maximum absolute atomic E-state index is 14.7. The molecule has 1 aliphatic rings. The van der Waals surface area contributed by atoms with Crippen molar-refractivity contribution < 1.29 is 27.7 Å². The molecule has 51 heavy (non-hydrogen) atoms. The van der Waals surface area contributed by atoms with Gasteiger partial charge < -0.3 is 19.2 Å². The van der Waals surface area contributed by atoms with Gasteiger partial charge in [0.15, 0.2) is 8.32 Å². The van der Waals surface area contributed by atoms with E-state index in [0.29, 0.717) is 11.4 Å². The number of phenolic OH excluding ortho intramolecular Hbond substituents is 1. The van der Waals surface area contributed by atoms with E-state index in [1.165, 1.54) is 12.1 Å². The van der Waals surface area contributed by atoms with Gasteiger partial charge in [0, 0.05) is 22.1 Å². The molecular formula is C42H44FNO5SSi. The molecule has 0 aliphatic carbocycles. The number of para-hydroxylation sites is 1. The number of hydrogen-bond acceptors (Lipinski definition) is 5. The number of ether oxygens (including phenoxy) is 1. The van der Waals surface area contributed by atoms with Crippen molar-refractivity contribution in [2.45, 2.75) is 62.9 Å². The van der Waals surface area contributed by atoms with Gasteiger partial charge in [-0.15, -0.1) is 0 Å². The second-order valence-corrected chi connectivity index (χ2v) is 20.8. The standard InChI is InChI=1S/C42H44FNO5SSi/c1-42(2,3)51(4,5)49-38(30-19-22-33(43)23-20-30)28-50(47)40-39(44(41(40)46)34-16-10-7-11-17-34)36-24-21-32(31-15-12-18-35(45)25-31)26-37(36)48-27-29-13-8-6-9-14-29/h6-26,38-40,45H,27-28H2,1-5H3/t38-,39-,40-,50?/m1/s1. The van der Waals surface area contributed by atoms with E-state index in [1.807, 2.05) is 84.9 Å². The van der Waals surface area contributed by atoms with Crippen LogP contribution in [0.25, 0.3) is 11.1 Å². The number of anilines is 1. The van der Waals surface area contributed by atoms with Crippen molar-refractivity contribution in [2.24, 2.45) is 0 Å². The zero-order valence-corrected chi connectivity index (χ0v) is 31.4. The smallest absolute Gasteiger partial charge is 0.245 e. The number of halogens is 1. The summed E-state index contributed by atoms with van der Waals surface area (Å²) in [6.07, 6.45) is -0.603. The molecule has 1 N–H and O–H groups in total. The summed E-state index contributed by atoms with van der Waals surface area (Å²) in [7, 11) is -4.08. The number of aromatic hydroxyl groups is 1. The van der Waals surface area contributed by atoms with Gasteiger partial charge in [0.05, 0.1) is 17.9 Å². The molecule has 6 nitrogen and oxygen atoms in total. The van der Waals surface area contributed by atoms with E-state index in [1.54, 1.807) is 35.2 Å². The SMILES string of the molecule is CC(C)(C)[Si](C)(C)O[C@H](CS(=O)[C@H]1C(=O)N(c2ccccc2)[C@@H]1c1ccc(-c2cccc(O)c2)cc1OCc1ccccc1)c1ccc(F)cc1. The number of rotatable bonds is 12. The Hall–Kier alpha value is -4.57. The Morgan fingerprint density at radius 3 is 2.14 bits per heavy atom. The third-order valence-corrected chi connectivity index (χ3v) is 16.1. The zero-order valence-electron chi connectivity index (χ0n) is 29.6. The summed E-state index contributed by atoms with van der Waals surface area (Å²) in [5.41, 5.74) is 4.74. The molecule has 4 atom stereocenters. The highest BCUT2D eigenvalue weighted by atomic mass is 32.2. The van der Waals surface area contributed by atoms with Gasteiger partial charge in [-0.3, -0.25) is 9.00 Å². The monoisotopic (exact) mass is 721 g/mol. The van der Waals surface area contributed by atoms with Crippen LogP contribution in [-0.4, -0.2) is 34.5 Å². The molecule has 0 bridgehead atoms. The molecule has 9 heteroatoms. The van der Waals surface area contributed by atoms with Crippen LogP contribution in [0.5, 0.6) is 11.5 Å². The van der Waals surface area contributed by atoms with Crippen molar-refractivity contribution >= 4 is 30.7 Å². The number of benzene rings is 5. The minimum Gasteiger partial charge on any atom is -0.508 e.